The van der Waals surface area contributed by atoms with Gasteiger partial charge in [-0.2, -0.15) is 0 Å². The van der Waals surface area contributed by atoms with Gasteiger partial charge in [-0.3, -0.25) is 4.79 Å². The fourth-order valence-electron chi connectivity index (χ4n) is 2.01. The van der Waals surface area contributed by atoms with Crippen LogP contribution in [0.1, 0.15) is 27.0 Å². The SMILES string of the molecule is Cc1cc(C)c(C)c(OCC(=O)c2ccc(Br)cc2)c1. The zero-order chi connectivity index (χ0) is 14.7. The lowest BCUT2D eigenvalue weighted by Gasteiger charge is -2.12. The van der Waals surface area contributed by atoms with Crippen LogP contribution >= 0.6 is 15.9 Å². The van der Waals surface area contributed by atoms with Crippen molar-refractivity contribution in [2.75, 3.05) is 6.61 Å². The third kappa shape index (κ3) is 3.48. The lowest BCUT2D eigenvalue weighted by molar-refractivity contribution is 0.0921. The smallest absolute Gasteiger partial charge is 0.200 e. The molecule has 0 spiro atoms. The minimum absolute atomic E-state index is 0.0175. The van der Waals surface area contributed by atoms with Gasteiger partial charge in [-0.15, -0.1) is 0 Å². The van der Waals surface area contributed by atoms with E-state index in [9.17, 15) is 4.79 Å². The highest BCUT2D eigenvalue weighted by Crippen LogP contribution is 2.23. The van der Waals surface area contributed by atoms with Crippen LogP contribution in [-0.2, 0) is 0 Å². The molecule has 3 heteroatoms. The topological polar surface area (TPSA) is 26.3 Å². The van der Waals surface area contributed by atoms with Crippen LogP contribution in [0.5, 0.6) is 5.75 Å². The van der Waals surface area contributed by atoms with Crippen LogP contribution in [-0.4, -0.2) is 12.4 Å². The van der Waals surface area contributed by atoms with Gasteiger partial charge in [0.05, 0.1) is 0 Å². The van der Waals surface area contributed by atoms with Crippen molar-refractivity contribution in [1.82, 2.24) is 0 Å². The Bertz CT molecular complexity index is 630. The maximum atomic E-state index is 12.1. The number of rotatable bonds is 4. The summed E-state index contributed by atoms with van der Waals surface area (Å²) in [7, 11) is 0. The summed E-state index contributed by atoms with van der Waals surface area (Å²) in [4.78, 5) is 12.1. The van der Waals surface area contributed by atoms with E-state index in [0.29, 0.717) is 5.56 Å². The average Bonchev–Trinajstić information content (AvgIpc) is 2.41. The fraction of sp³-hybridized carbons (Fsp3) is 0.235. The number of Topliss-reactive ketones (excluding diaryl/α,β-unsaturated/α-hetero) is 1. The third-order valence-corrected chi connectivity index (χ3v) is 3.82. The summed E-state index contributed by atoms with van der Waals surface area (Å²) < 4.78 is 6.64. The second kappa shape index (κ2) is 6.23. The molecular formula is C17H17BrO2. The highest BCUT2D eigenvalue weighted by Gasteiger charge is 2.09. The highest BCUT2D eigenvalue weighted by atomic mass is 79.9. The molecule has 0 radical (unpaired) electrons. The molecule has 2 rings (SSSR count). The zero-order valence-electron chi connectivity index (χ0n) is 11.9. The first kappa shape index (κ1) is 14.8. The summed E-state index contributed by atoms with van der Waals surface area (Å²) in [6.07, 6.45) is 0. The van der Waals surface area contributed by atoms with E-state index in [-0.39, 0.29) is 12.4 Å². The van der Waals surface area contributed by atoms with Crippen molar-refractivity contribution in [2.24, 2.45) is 0 Å². The van der Waals surface area contributed by atoms with Gasteiger partial charge >= 0.3 is 0 Å². The van der Waals surface area contributed by atoms with Gasteiger partial charge < -0.3 is 4.74 Å². The van der Waals surface area contributed by atoms with Crippen molar-refractivity contribution in [3.63, 3.8) is 0 Å². The van der Waals surface area contributed by atoms with Crippen molar-refractivity contribution in [3.8, 4) is 5.75 Å². The minimum Gasteiger partial charge on any atom is -0.485 e. The number of hydrogen-bond donors (Lipinski definition) is 0. The monoisotopic (exact) mass is 332 g/mol. The number of benzene rings is 2. The summed E-state index contributed by atoms with van der Waals surface area (Å²) in [5.41, 5.74) is 4.06. The van der Waals surface area contributed by atoms with Crippen LogP contribution in [0.25, 0.3) is 0 Å². The first-order chi connectivity index (χ1) is 9.47. The van der Waals surface area contributed by atoms with E-state index in [1.165, 1.54) is 5.56 Å². The number of carbonyl (C=O) groups is 1. The molecule has 0 aliphatic carbocycles. The normalized spacial score (nSPS) is 10.4. The number of hydrogen-bond acceptors (Lipinski definition) is 2. The van der Waals surface area contributed by atoms with Gasteiger partial charge in [0.2, 0.25) is 0 Å². The molecule has 104 valence electrons. The van der Waals surface area contributed by atoms with E-state index in [4.69, 9.17) is 4.74 Å². The molecule has 0 saturated heterocycles. The molecule has 0 unspecified atom stereocenters. The van der Waals surface area contributed by atoms with Gasteiger partial charge in [0.25, 0.3) is 0 Å². The Labute approximate surface area is 127 Å². The zero-order valence-corrected chi connectivity index (χ0v) is 13.5. The molecule has 0 N–H and O–H groups in total. The van der Waals surface area contributed by atoms with Gasteiger partial charge in [0.1, 0.15) is 5.75 Å². The van der Waals surface area contributed by atoms with Gasteiger partial charge in [-0.1, -0.05) is 34.1 Å². The van der Waals surface area contributed by atoms with Crippen LogP contribution in [0.4, 0.5) is 0 Å². The number of ketones is 1. The Morgan fingerprint density at radius 1 is 1.10 bits per heavy atom. The van der Waals surface area contributed by atoms with E-state index >= 15 is 0 Å². The van der Waals surface area contributed by atoms with Crippen molar-refractivity contribution in [1.29, 1.82) is 0 Å². The van der Waals surface area contributed by atoms with Gasteiger partial charge in [0, 0.05) is 10.0 Å². The second-order valence-corrected chi connectivity index (χ2v) is 5.84. The van der Waals surface area contributed by atoms with Gasteiger partial charge in [0.15, 0.2) is 12.4 Å². The molecule has 0 aliphatic heterocycles. The number of aryl methyl sites for hydroxylation is 2. The Kier molecular flexibility index (Phi) is 4.61. The fourth-order valence-corrected chi connectivity index (χ4v) is 2.28. The molecule has 2 aromatic carbocycles. The van der Waals surface area contributed by atoms with E-state index in [1.54, 1.807) is 12.1 Å². The molecule has 0 atom stereocenters. The Hall–Kier alpha value is -1.61. The van der Waals surface area contributed by atoms with Crippen LogP contribution < -0.4 is 4.74 Å². The molecule has 0 amide bonds. The molecule has 2 aromatic rings. The summed E-state index contributed by atoms with van der Waals surface area (Å²) in [6.45, 7) is 6.14. The summed E-state index contributed by atoms with van der Waals surface area (Å²) in [6, 6.07) is 11.4. The lowest BCUT2D eigenvalue weighted by Crippen LogP contribution is -2.12. The maximum Gasteiger partial charge on any atom is 0.200 e. The molecule has 0 aromatic heterocycles. The van der Waals surface area contributed by atoms with Gasteiger partial charge in [-0.05, 0) is 55.7 Å². The molecule has 0 fully saturated rings. The van der Waals surface area contributed by atoms with E-state index < -0.39 is 0 Å². The number of halogens is 1. The third-order valence-electron chi connectivity index (χ3n) is 3.29. The average molecular weight is 333 g/mol. The predicted molar refractivity (Wildman–Crippen MR) is 84.6 cm³/mol. The van der Waals surface area contributed by atoms with Crippen LogP contribution in [0.3, 0.4) is 0 Å². The van der Waals surface area contributed by atoms with Crippen molar-refractivity contribution < 1.29 is 9.53 Å². The summed E-state index contributed by atoms with van der Waals surface area (Å²) in [5, 5.41) is 0. The van der Waals surface area contributed by atoms with Crippen LogP contribution in [0.2, 0.25) is 0 Å². The maximum absolute atomic E-state index is 12.1. The highest BCUT2D eigenvalue weighted by molar-refractivity contribution is 9.10. The Balaban J connectivity index is 2.09. The van der Waals surface area contributed by atoms with E-state index in [0.717, 1.165) is 21.3 Å². The van der Waals surface area contributed by atoms with Crippen molar-refractivity contribution in [3.05, 3.63) is 63.1 Å². The van der Waals surface area contributed by atoms with Crippen molar-refractivity contribution >= 4 is 21.7 Å². The summed E-state index contributed by atoms with van der Waals surface area (Å²) in [5.74, 6) is 0.768. The molecule has 0 bridgehead atoms. The Morgan fingerprint density at radius 3 is 2.40 bits per heavy atom. The first-order valence-electron chi connectivity index (χ1n) is 6.47. The first-order valence-corrected chi connectivity index (χ1v) is 7.26. The molecule has 0 heterocycles. The number of ether oxygens (including phenoxy) is 1. The minimum atomic E-state index is -0.0175. The van der Waals surface area contributed by atoms with E-state index in [2.05, 4.69) is 22.0 Å². The quantitative estimate of drug-likeness (QED) is 0.762. The molecule has 20 heavy (non-hydrogen) atoms. The van der Waals surface area contributed by atoms with Crippen LogP contribution in [0.15, 0.2) is 40.9 Å². The predicted octanol–water partition coefficient (Wildman–Crippen LogP) is 4.64. The van der Waals surface area contributed by atoms with Crippen LogP contribution in [0, 0.1) is 20.8 Å². The molecular weight excluding hydrogens is 316 g/mol. The summed E-state index contributed by atoms with van der Waals surface area (Å²) >= 11 is 3.35. The second-order valence-electron chi connectivity index (χ2n) is 4.92. The molecule has 0 saturated carbocycles. The largest absolute Gasteiger partial charge is 0.485 e. The lowest BCUT2D eigenvalue weighted by atomic mass is 10.1. The van der Waals surface area contributed by atoms with E-state index in [1.807, 2.05) is 39.0 Å². The molecule has 2 nitrogen and oxygen atoms in total. The number of carbonyl (C=O) groups excluding carboxylic acids is 1. The van der Waals surface area contributed by atoms with Gasteiger partial charge in [-0.25, -0.2) is 0 Å². The standard InChI is InChI=1S/C17H17BrO2/c1-11-8-12(2)13(3)17(9-11)20-10-16(19)14-4-6-15(18)7-5-14/h4-9H,10H2,1-3H3. The molecule has 0 aliphatic rings. The Morgan fingerprint density at radius 2 is 1.75 bits per heavy atom. The van der Waals surface area contributed by atoms with Crippen molar-refractivity contribution in [2.45, 2.75) is 20.8 Å².